The lowest BCUT2D eigenvalue weighted by Gasteiger charge is -2.16. The van der Waals surface area contributed by atoms with Crippen molar-refractivity contribution in [2.45, 2.75) is 13.0 Å². The molecular formula is C15H19IN4O. The number of benzene rings is 1. The Kier molecular flexibility index (Phi) is 5.22. The number of aromatic nitrogens is 1. The zero-order valence-electron chi connectivity index (χ0n) is 11.9. The van der Waals surface area contributed by atoms with E-state index in [1.54, 1.807) is 4.57 Å². The third-order valence-electron chi connectivity index (χ3n) is 3.55. The van der Waals surface area contributed by atoms with Crippen molar-refractivity contribution in [2.24, 2.45) is 12.0 Å². The molecule has 5 nitrogen and oxygen atoms in total. The molecule has 21 heavy (non-hydrogen) atoms. The minimum Gasteiger partial charge on any atom is -0.356 e. The fourth-order valence-corrected chi connectivity index (χ4v) is 2.45. The molecule has 0 saturated carbocycles. The molecule has 0 radical (unpaired) electrons. The van der Waals surface area contributed by atoms with Crippen LogP contribution < -0.4 is 16.2 Å². The number of fused-ring (bicyclic) bond motifs is 1. The summed E-state index contributed by atoms with van der Waals surface area (Å²) < 4.78 is 1.70. The average Bonchev–Trinajstić information content (AvgIpc) is 2.50. The molecule has 6 heteroatoms. The van der Waals surface area contributed by atoms with Gasteiger partial charge in [-0.15, -0.1) is 24.0 Å². The lowest BCUT2D eigenvalue weighted by Crippen LogP contribution is -2.41. The maximum atomic E-state index is 12.3. The van der Waals surface area contributed by atoms with Crippen molar-refractivity contribution in [2.75, 3.05) is 13.1 Å². The second kappa shape index (κ2) is 6.93. The molecule has 3 rings (SSSR count). The van der Waals surface area contributed by atoms with Crippen molar-refractivity contribution in [3.63, 3.8) is 0 Å². The van der Waals surface area contributed by atoms with Crippen molar-refractivity contribution < 1.29 is 0 Å². The van der Waals surface area contributed by atoms with E-state index in [9.17, 15) is 4.79 Å². The number of halogens is 1. The molecule has 0 fully saturated rings. The van der Waals surface area contributed by atoms with Gasteiger partial charge in [0.2, 0.25) is 0 Å². The molecule has 2 aromatic rings. The van der Waals surface area contributed by atoms with Gasteiger partial charge >= 0.3 is 0 Å². The van der Waals surface area contributed by atoms with Crippen LogP contribution in [0.1, 0.15) is 12.0 Å². The van der Waals surface area contributed by atoms with Gasteiger partial charge in [-0.1, -0.05) is 18.2 Å². The summed E-state index contributed by atoms with van der Waals surface area (Å²) in [5.74, 6) is 0.784. The SMILES string of the molecule is Cn1c(=O)c(CNC2=NCCCN2)cc2ccccc21.I. The van der Waals surface area contributed by atoms with Crippen molar-refractivity contribution in [3.8, 4) is 0 Å². The number of aliphatic imine (C=N–C) groups is 1. The molecule has 1 aliphatic heterocycles. The van der Waals surface area contributed by atoms with E-state index in [0.29, 0.717) is 6.54 Å². The van der Waals surface area contributed by atoms with Crippen LogP contribution in [0.25, 0.3) is 10.9 Å². The molecular weight excluding hydrogens is 379 g/mol. The number of nitrogens with one attached hydrogen (secondary N) is 2. The summed E-state index contributed by atoms with van der Waals surface area (Å²) in [4.78, 5) is 16.7. The third kappa shape index (κ3) is 3.37. The van der Waals surface area contributed by atoms with E-state index >= 15 is 0 Å². The van der Waals surface area contributed by atoms with Crippen LogP contribution in [0, 0.1) is 0 Å². The lowest BCUT2D eigenvalue weighted by molar-refractivity contribution is 0.699. The normalized spacial score (nSPS) is 14.0. The molecule has 0 amide bonds. The molecule has 1 aliphatic rings. The Labute approximate surface area is 140 Å². The fraction of sp³-hybridized carbons (Fsp3) is 0.333. The Morgan fingerprint density at radius 2 is 2.19 bits per heavy atom. The molecule has 2 heterocycles. The molecule has 0 aliphatic carbocycles. The Balaban J connectivity index is 0.00000161. The zero-order valence-corrected chi connectivity index (χ0v) is 14.3. The minimum atomic E-state index is 0. The van der Waals surface area contributed by atoms with E-state index in [-0.39, 0.29) is 29.5 Å². The summed E-state index contributed by atoms with van der Waals surface area (Å²) >= 11 is 0. The van der Waals surface area contributed by atoms with Crippen LogP contribution in [0.3, 0.4) is 0 Å². The van der Waals surface area contributed by atoms with Crippen LogP contribution in [0.5, 0.6) is 0 Å². The first-order valence-corrected chi connectivity index (χ1v) is 6.85. The Bertz CT molecular complexity index is 723. The number of guanidine groups is 1. The van der Waals surface area contributed by atoms with Crippen LogP contribution in [0.2, 0.25) is 0 Å². The van der Waals surface area contributed by atoms with E-state index in [0.717, 1.165) is 41.9 Å². The van der Waals surface area contributed by atoms with Gasteiger partial charge in [0.15, 0.2) is 5.96 Å². The number of hydrogen-bond donors (Lipinski definition) is 2. The summed E-state index contributed by atoms with van der Waals surface area (Å²) in [6.07, 6.45) is 1.06. The van der Waals surface area contributed by atoms with Crippen LogP contribution in [0.4, 0.5) is 0 Å². The third-order valence-corrected chi connectivity index (χ3v) is 3.55. The summed E-state index contributed by atoms with van der Waals surface area (Å²) in [5.41, 5.74) is 1.74. The van der Waals surface area contributed by atoms with Crippen molar-refractivity contribution >= 4 is 40.8 Å². The van der Waals surface area contributed by atoms with Crippen LogP contribution in [-0.2, 0) is 13.6 Å². The molecule has 0 bridgehead atoms. The lowest BCUT2D eigenvalue weighted by atomic mass is 10.1. The second-order valence-electron chi connectivity index (χ2n) is 4.96. The monoisotopic (exact) mass is 398 g/mol. The van der Waals surface area contributed by atoms with Crippen LogP contribution >= 0.6 is 24.0 Å². The Morgan fingerprint density at radius 1 is 1.38 bits per heavy atom. The van der Waals surface area contributed by atoms with Gasteiger partial charge in [0.05, 0.1) is 5.52 Å². The van der Waals surface area contributed by atoms with Crippen molar-refractivity contribution in [1.29, 1.82) is 0 Å². The minimum absolute atomic E-state index is 0. The molecule has 0 unspecified atom stereocenters. The van der Waals surface area contributed by atoms with Crippen molar-refractivity contribution in [3.05, 3.63) is 46.2 Å². The quantitative estimate of drug-likeness (QED) is 0.756. The van der Waals surface area contributed by atoms with Gasteiger partial charge in [-0.2, -0.15) is 0 Å². The van der Waals surface area contributed by atoms with E-state index < -0.39 is 0 Å². The first-order valence-electron chi connectivity index (χ1n) is 6.85. The Hall–Kier alpha value is -1.57. The van der Waals surface area contributed by atoms with Gasteiger partial charge in [-0.3, -0.25) is 9.79 Å². The second-order valence-corrected chi connectivity index (χ2v) is 4.96. The first kappa shape index (κ1) is 15.8. The van der Waals surface area contributed by atoms with Gasteiger partial charge in [0.1, 0.15) is 0 Å². The first-order chi connectivity index (χ1) is 9.75. The van der Waals surface area contributed by atoms with Crippen LogP contribution in [-0.4, -0.2) is 23.6 Å². The summed E-state index contributed by atoms with van der Waals surface area (Å²) in [5, 5.41) is 7.46. The number of aryl methyl sites for hydroxylation is 1. The highest BCUT2D eigenvalue weighted by Gasteiger charge is 2.08. The maximum Gasteiger partial charge on any atom is 0.255 e. The highest BCUT2D eigenvalue weighted by atomic mass is 127. The van der Waals surface area contributed by atoms with Gasteiger partial charge in [-0.05, 0) is 23.9 Å². The molecule has 112 valence electrons. The van der Waals surface area contributed by atoms with Crippen LogP contribution in [0.15, 0.2) is 40.1 Å². The predicted molar refractivity (Wildman–Crippen MR) is 96.4 cm³/mol. The summed E-state index contributed by atoms with van der Waals surface area (Å²) in [6, 6.07) is 9.86. The number of para-hydroxylation sites is 1. The maximum absolute atomic E-state index is 12.3. The molecule has 1 aromatic heterocycles. The molecule has 1 aromatic carbocycles. The summed E-state index contributed by atoms with van der Waals surface area (Å²) in [7, 11) is 1.81. The molecule has 2 N–H and O–H groups in total. The van der Waals surface area contributed by atoms with E-state index in [2.05, 4.69) is 15.6 Å². The summed E-state index contributed by atoms with van der Waals surface area (Å²) in [6.45, 7) is 2.26. The topological polar surface area (TPSA) is 58.4 Å². The van der Waals surface area contributed by atoms with Gasteiger partial charge in [0.25, 0.3) is 5.56 Å². The van der Waals surface area contributed by atoms with E-state index in [4.69, 9.17) is 0 Å². The smallest absolute Gasteiger partial charge is 0.255 e. The number of pyridine rings is 1. The highest BCUT2D eigenvalue weighted by molar-refractivity contribution is 14.0. The van der Waals surface area contributed by atoms with Gasteiger partial charge < -0.3 is 15.2 Å². The number of nitrogens with zero attached hydrogens (tertiary/aromatic N) is 2. The number of rotatable bonds is 2. The van der Waals surface area contributed by atoms with Gasteiger partial charge in [0, 0.05) is 32.2 Å². The molecule has 0 saturated heterocycles. The van der Waals surface area contributed by atoms with E-state index in [1.165, 1.54) is 0 Å². The predicted octanol–water partition coefficient (Wildman–Crippen LogP) is 1.60. The van der Waals surface area contributed by atoms with Crippen molar-refractivity contribution in [1.82, 2.24) is 15.2 Å². The van der Waals surface area contributed by atoms with Gasteiger partial charge in [-0.25, -0.2) is 0 Å². The highest BCUT2D eigenvalue weighted by Crippen LogP contribution is 2.12. The molecule has 0 atom stereocenters. The standard InChI is InChI=1S/C15H18N4O.HI/c1-19-13-6-3-2-5-11(13)9-12(14(19)20)10-18-15-16-7-4-8-17-15;/h2-3,5-6,9H,4,7-8,10H2,1H3,(H2,16,17,18);1H. The zero-order chi connectivity index (χ0) is 13.9. The Morgan fingerprint density at radius 3 is 2.95 bits per heavy atom. The fourth-order valence-electron chi connectivity index (χ4n) is 2.45. The van der Waals surface area contributed by atoms with E-state index in [1.807, 2.05) is 37.4 Å². The number of hydrogen-bond acceptors (Lipinski definition) is 4. The average molecular weight is 398 g/mol. The molecule has 0 spiro atoms. The largest absolute Gasteiger partial charge is 0.356 e.